The normalized spacial score (nSPS) is 10.5. The molecule has 3 aromatic rings. The van der Waals surface area contributed by atoms with Crippen molar-refractivity contribution in [1.29, 1.82) is 0 Å². The van der Waals surface area contributed by atoms with E-state index < -0.39 is 0 Å². The molecule has 0 aliphatic heterocycles. The van der Waals surface area contributed by atoms with Crippen LogP contribution in [0, 0.1) is 13.8 Å². The molecule has 0 saturated heterocycles. The summed E-state index contributed by atoms with van der Waals surface area (Å²) in [6.07, 6.45) is 3.22. The van der Waals surface area contributed by atoms with Crippen LogP contribution in [0.25, 0.3) is 5.69 Å². The van der Waals surface area contributed by atoms with Gasteiger partial charge in [0, 0.05) is 6.20 Å². The standard InChI is InChI=1S/C17H17N5O/c1-12-6-5-7-13(2)15(12)22-11-20-16(21-17(22)23)19-10-14-8-3-4-9-18-14/h3-9,11H,10H2,1-2H3,(H,19,21,23). The topological polar surface area (TPSA) is 72.7 Å². The Bertz CT molecular complexity index is 853. The highest BCUT2D eigenvalue weighted by molar-refractivity contribution is 5.46. The van der Waals surface area contributed by atoms with E-state index in [-0.39, 0.29) is 5.69 Å². The minimum Gasteiger partial charge on any atom is -0.348 e. The maximum absolute atomic E-state index is 12.3. The second kappa shape index (κ2) is 6.39. The molecule has 2 aromatic heterocycles. The summed E-state index contributed by atoms with van der Waals surface area (Å²) in [6.45, 7) is 4.39. The molecule has 1 N–H and O–H groups in total. The van der Waals surface area contributed by atoms with E-state index in [4.69, 9.17) is 0 Å². The van der Waals surface area contributed by atoms with Crippen LogP contribution in [0.4, 0.5) is 5.95 Å². The molecule has 6 nitrogen and oxygen atoms in total. The van der Waals surface area contributed by atoms with Gasteiger partial charge in [0.15, 0.2) is 0 Å². The first-order valence-electron chi connectivity index (χ1n) is 7.31. The highest BCUT2D eigenvalue weighted by Crippen LogP contribution is 2.16. The van der Waals surface area contributed by atoms with Gasteiger partial charge in [-0.15, -0.1) is 0 Å². The molecule has 0 bridgehead atoms. The number of rotatable bonds is 4. The Morgan fingerprint density at radius 3 is 2.48 bits per heavy atom. The number of anilines is 1. The lowest BCUT2D eigenvalue weighted by atomic mass is 10.1. The zero-order valence-corrected chi connectivity index (χ0v) is 13.0. The Morgan fingerprint density at radius 2 is 1.83 bits per heavy atom. The minimum atomic E-state index is -0.360. The molecule has 0 atom stereocenters. The molecule has 0 unspecified atom stereocenters. The third-order valence-electron chi connectivity index (χ3n) is 3.54. The van der Waals surface area contributed by atoms with Crippen LogP contribution in [0.3, 0.4) is 0 Å². The molecule has 0 radical (unpaired) electrons. The van der Waals surface area contributed by atoms with Crippen molar-refractivity contribution in [2.75, 3.05) is 5.32 Å². The van der Waals surface area contributed by atoms with Gasteiger partial charge in [0.2, 0.25) is 5.95 Å². The van der Waals surface area contributed by atoms with E-state index in [1.807, 2.05) is 50.2 Å². The Morgan fingerprint density at radius 1 is 1.04 bits per heavy atom. The molecule has 3 rings (SSSR count). The van der Waals surface area contributed by atoms with Crippen molar-refractivity contribution in [3.63, 3.8) is 0 Å². The van der Waals surface area contributed by atoms with Gasteiger partial charge in [0.05, 0.1) is 17.9 Å². The van der Waals surface area contributed by atoms with Crippen molar-refractivity contribution in [2.24, 2.45) is 0 Å². The average Bonchev–Trinajstić information content (AvgIpc) is 2.55. The molecule has 23 heavy (non-hydrogen) atoms. The zero-order chi connectivity index (χ0) is 16.2. The lowest BCUT2D eigenvalue weighted by Crippen LogP contribution is -2.24. The van der Waals surface area contributed by atoms with Crippen LogP contribution >= 0.6 is 0 Å². The number of benzene rings is 1. The second-order valence-electron chi connectivity index (χ2n) is 5.25. The molecule has 6 heteroatoms. The van der Waals surface area contributed by atoms with Gasteiger partial charge in [-0.1, -0.05) is 24.3 Å². The SMILES string of the molecule is Cc1cccc(C)c1-n1cnc(NCc2ccccn2)nc1=O. The van der Waals surface area contributed by atoms with Gasteiger partial charge in [0.1, 0.15) is 6.33 Å². The van der Waals surface area contributed by atoms with Crippen molar-refractivity contribution in [3.8, 4) is 5.69 Å². The van der Waals surface area contributed by atoms with Crippen molar-refractivity contribution in [3.05, 3.63) is 76.2 Å². The number of pyridine rings is 1. The molecular formula is C17H17N5O. The molecule has 0 saturated carbocycles. The van der Waals surface area contributed by atoms with Crippen LogP contribution in [-0.2, 0) is 6.54 Å². The largest absolute Gasteiger partial charge is 0.356 e. The van der Waals surface area contributed by atoms with Gasteiger partial charge in [-0.3, -0.25) is 9.55 Å². The summed E-state index contributed by atoms with van der Waals surface area (Å²) in [7, 11) is 0. The van der Waals surface area contributed by atoms with Gasteiger partial charge >= 0.3 is 5.69 Å². The summed E-state index contributed by atoms with van der Waals surface area (Å²) in [5.74, 6) is 0.295. The maximum atomic E-state index is 12.3. The second-order valence-corrected chi connectivity index (χ2v) is 5.25. The first kappa shape index (κ1) is 14.9. The van der Waals surface area contributed by atoms with Crippen LogP contribution in [0.1, 0.15) is 16.8 Å². The molecule has 2 heterocycles. The quantitative estimate of drug-likeness (QED) is 0.800. The third-order valence-corrected chi connectivity index (χ3v) is 3.54. The van der Waals surface area contributed by atoms with Gasteiger partial charge in [-0.05, 0) is 37.1 Å². The predicted octanol–water partition coefficient (Wildman–Crippen LogP) is 2.25. The Hall–Kier alpha value is -3.02. The fourth-order valence-electron chi connectivity index (χ4n) is 2.43. The first-order chi connectivity index (χ1) is 11.1. The van der Waals surface area contributed by atoms with Crippen LogP contribution in [0.2, 0.25) is 0 Å². The van der Waals surface area contributed by atoms with Crippen LogP contribution in [-0.4, -0.2) is 19.5 Å². The summed E-state index contributed by atoms with van der Waals surface area (Å²) in [5.41, 5.74) is 3.33. The zero-order valence-electron chi connectivity index (χ0n) is 13.0. The third kappa shape index (κ3) is 3.26. The van der Waals surface area contributed by atoms with Gasteiger partial charge < -0.3 is 5.32 Å². The lowest BCUT2D eigenvalue weighted by molar-refractivity contribution is 0.842. The monoisotopic (exact) mass is 307 g/mol. The van der Waals surface area contributed by atoms with Crippen molar-refractivity contribution in [2.45, 2.75) is 20.4 Å². The molecular weight excluding hydrogens is 290 g/mol. The summed E-state index contributed by atoms with van der Waals surface area (Å²) in [5, 5.41) is 3.01. The molecule has 116 valence electrons. The molecule has 0 aliphatic carbocycles. The van der Waals surface area contributed by atoms with E-state index in [1.165, 1.54) is 10.9 Å². The van der Waals surface area contributed by atoms with E-state index >= 15 is 0 Å². The van der Waals surface area contributed by atoms with Gasteiger partial charge in [-0.2, -0.15) is 4.98 Å². The summed E-state index contributed by atoms with van der Waals surface area (Å²) < 4.78 is 1.47. The number of para-hydroxylation sites is 1. The summed E-state index contributed by atoms with van der Waals surface area (Å²) in [4.78, 5) is 24.7. The highest BCUT2D eigenvalue weighted by atomic mass is 16.1. The molecule has 0 amide bonds. The van der Waals surface area contributed by atoms with Crippen LogP contribution < -0.4 is 11.0 Å². The number of nitrogens with one attached hydrogen (secondary N) is 1. The summed E-state index contributed by atoms with van der Waals surface area (Å²) in [6, 6.07) is 11.5. The number of nitrogens with zero attached hydrogens (tertiary/aromatic N) is 4. The summed E-state index contributed by atoms with van der Waals surface area (Å²) >= 11 is 0. The first-order valence-corrected chi connectivity index (χ1v) is 7.31. The fraction of sp³-hybridized carbons (Fsp3) is 0.176. The van der Waals surface area contributed by atoms with E-state index in [1.54, 1.807) is 6.20 Å². The van der Waals surface area contributed by atoms with Crippen molar-refractivity contribution in [1.82, 2.24) is 19.5 Å². The Labute approximate surface area is 133 Å². The number of aromatic nitrogens is 4. The van der Waals surface area contributed by atoms with Crippen LogP contribution in [0.5, 0.6) is 0 Å². The van der Waals surface area contributed by atoms with E-state index in [9.17, 15) is 4.79 Å². The molecule has 1 aromatic carbocycles. The van der Waals surface area contributed by atoms with Crippen LogP contribution in [0.15, 0.2) is 53.7 Å². The van der Waals surface area contributed by atoms with E-state index in [0.29, 0.717) is 12.5 Å². The predicted molar refractivity (Wildman–Crippen MR) is 88.7 cm³/mol. The highest BCUT2D eigenvalue weighted by Gasteiger charge is 2.09. The molecule has 0 fully saturated rings. The Kier molecular flexibility index (Phi) is 4.14. The number of hydrogen-bond donors (Lipinski definition) is 1. The fourth-order valence-corrected chi connectivity index (χ4v) is 2.43. The number of aryl methyl sites for hydroxylation is 2. The molecule has 0 aliphatic rings. The van der Waals surface area contributed by atoms with Crippen molar-refractivity contribution >= 4 is 5.95 Å². The van der Waals surface area contributed by atoms with E-state index in [2.05, 4.69) is 20.3 Å². The Balaban J connectivity index is 1.85. The lowest BCUT2D eigenvalue weighted by Gasteiger charge is -2.12. The number of hydrogen-bond acceptors (Lipinski definition) is 5. The van der Waals surface area contributed by atoms with Crippen molar-refractivity contribution < 1.29 is 0 Å². The smallest absolute Gasteiger partial charge is 0.348 e. The molecule has 0 spiro atoms. The van der Waals surface area contributed by atoms with E-state index in [0.717, 1.165) is 22.5 Å². The minimum absolute atomic E-state index is 0.295. The maximum Gasteiger partial charge on any atom is 0.356 e. The van der Waals surface area contributed by atoms with Gasteiger partial charge in [0.25, 0.3) is 0 Å². The average molecular weight is 307 g/mol. The van der Waals surface area contributed by atoms with Gasteiger partial charge in [-0.25, -0.2) is 9.78 Å².